The summed E-state index contributed by atoms with van der Waals surface area (Å²) in [5.41, 5.74) is 0. The zero-order valence-corrected chi connectivity index (χ0v) is 9.15. The molecule has 0 aromatic rings. The van der Waals surface area contributed by atoms with Crippen LogP contribution >= 0.6 is 0 Å². The minimum absolute atomic E-state index is 0.174. The summed E-state index contributed by atoms with van der Waals surface area (Å²) in [6.45, 7) is 2.33. The lowest BCUT2D eigenvalue weighted by atomic mass is 9.93. The van der Waals surface area contributed by atoms with E-state index in [-0.39, 0.29) is 17.9 Å². The van der Waals surface area contributed by atoms with E-state index in [1.807, 2.05) is 0 Å². The second kappa shape index (κ2) is 4.35. The van der Waals surface area contributed by atoms with Crippen molar-refractivity contribution in [2.24, 2.45) is 17.8 Å². The van der Waals surface area contributed by atoms with Crippen LogP contribution in [0.5, 0.6) is 0 Å². The number of carbonyl (C=O) groups is 1. The van der Waals surface area contributed by atoms with Gasteiger partial charge in [-0.3, -0.25) is 4.79 Å². The van der Waals surface area contributed by atoms with Crippen LogP contribution in [-0.2, 0) is 4.79 Å². The molecule has 1 amide bonds. The first-order chi connectivity index (χ1) is 7.16. The van der Waals surface area contributed by atoms with E-state index in [0.29, 0.717) is 24.8 Å². The average Bonchev–Trinajstić information content (AvgIpc) is 2.77. The van der Waals surface area contributed by atoms with Crippen molar-refractivity contribution < 1.29 is 9.90 Å². The third kappa shape index (κ3) is 2.40. The molecule has 15 heavy (non-hydrogen) atoms. The Kier molecular flexibility index (Phi) is 3.10. The van der Waals surface area contributed by atoms with Crippen molar-refractivity contribution in [1.29, 1.82) is 0 Å². The van der Waals surface area contributed by atoms with E-state index in [9.17, 15) is 4.79 Å². The lowest BCUT2D eigenvalue weighted by molar-refractivity contribution is -0.125. The highest BCUT2D eigenvalue weighted by Crippen LogP contribution is 2.43. The van der Waals surface area contributed by atoms with Crippen molar-refractivity contribution in [3.63, 3.8) is 0 Å². The summed E-state index contributed by atoms with van der Waals surface area (Å²) in [6.07, 6.45) is 6.92. The molecule has 2 aliphatic carbocycles. The standard InChI is InChI=1S/C12H19NO2/c1-8(14)4-5-13-12(15)11-7-9-2-3-10(11)6-9/h2-3,8-11,14H,4-7H2,1H3,(H,13,15). The number of aliphatic hydroxyl groups excluding tert-OH is 1. The number of hydrogen-bond donors (Lipinski definition) is 2. The van der Waals surface area contributed by atoms with Gasteiger partial charge >= 0.3 is 0 Å². The Morgan fingerprint density at radius 1 is 1.53 bits per heavy atom. The van der Waals surface area contributed by atoms with Crippen LogP contribution < -0.4 is 5.32 Å². The van der Waals surface area contributed by atoms with Crippen LogP contribution in [0.25, 0.3) is 0 Å². The van der Waals surface area contributed by atoms with E-state index in [4.69, 9.17) is 5.11 Å². The molecule has 4 unspecified atom stereocenters. The van der Waals surface area contributed by atoms with Crippen molar-refractivity contribution in [3.8, 4) is 0 Å². The van der Waals surface area contributed by atoms with Crippen LogP contribution in [-0.4, -0.2) is 23.7 Å². The average molecular weight is 209 g/mol. The molecule has 2 N–H and O–H groups in total. The molecular weight excluding hydrogens is 190 g/mol. The molecule has 4 atom stereocenters. The Bertz CT molecular complexity index is 273. The maximum Gasteiger partial charge on any atom is 0.223 e. The van der Waals surface area contributed by atoms with Crippen molar-refractivity contribution in [1.82, 2.24) is 5.32 Å². The Hall–Kier alpha value is -0.830. The Morgan fingerprint density at radius 2 is 2.33 bits per heavy atom. The SMILES string of the molecule is CC(O)CCNC(=O)C1CC2C=CC1C2. The molecule has 1 fully saturated rings. The first-order valence-corrected chi connectivity index (χ1v) is 5.81. The van der Waals surface area contributed by atoms with Gasteiger partial charge in [0.2, 0.25) is 5.91 Å². The van der Waals surface area contributed by atoms with E-state index >= 15 is 0 Å². The second-order valence-corrected chi connectivity index (χ2v) is 4.82. The van der Waals surface area contributed by atoms with Gasteiger partial charge in [-0.05, 0) is 38.0 Å². The monoisotopic (exact) mass is 209 g/mol. The lowest BCUT2D eigenvalue weighted by Crippen LogP contribution is -2.34. The Balaban J connectivity index is 1.75. The molecule has 84 valence electrons. The zero-order valence-electron chi connectivity index (χ0n) is 9.15. The number of fused-ring (bicyclic) bond motifs is 2. The predicted molar refractivity (Wildman–Crippen MR) is 58.2 cm³/mol. The molecule has 0 spiro atoms. The molecule has 0 saturated heterocycles. The van der Waals surface area contributed by atoms with E-state index in [1.54, 1.807) is 6.92 Å². The highest BCUT2D eigenvalue weighted by atomic mass is 16.3. The summed E-state index contributed by atoms with van der Waals surface area (Å²) in [4.78, 5) is 11.8. The molecule has 2 aliphatic rings. The molecule has 2 bridgehead atoms. The number of hydrogen-bond acceptors (Lipinski definition) is 2. The largest absolute Gasteiger partial charge is 0.393 e. The van der Waals surface area contributed by atoms with Crippen LogP contribution in [0.1, 0.15) is 26.2 Å². The smallest absolute Gasteiger partial charge is 0.223 e. The maximum atomic E-state index is 11.8. The molecule has 3 heteroatoms. The van der Waals surface area contributed by atoms with Crippen LogP contribution in [0.2, 0.25) is 0 Å². The van der Waals surface area contributed by atoms with E-state index in [1.165, 1.54) is 0 Å². The molecule has 0 heterocycles. The number of aliphatic hydroxyl groups is 1. The van der Waals surface area contributed by atoms with Crippen molar-refractivity contribution in [2.45, 2.75) is 32.3 Å². The number of amides is 1. The topological polar surface area (TPSA) is 49.3 Å². The first kappa shape index (κ1) is 10.7. The Labute approximate surface area is 90.6 Å². The van der Waals surface area contributed by atoms with Gasteiger partial charge in [-0.15, -0.1) is 0 Å². The molecule has 3 nitrogen and oxygen atoms in total. The highest BCUT2D eigenvalue weighted by molar-refractivity contribution is 5.79. The van der Waals surface area contributed by atoms with Gasteiger partial charge in [0.25, 0.3) is 0 Å². The van der Waals surface area contributed by atoms with Crippen LogP contribution in [0.3, 0.4) is 0 Å². The summed E-state index contributed by atoms with van der Waals surface area (Å²) in [7, 11) is 0. The van der Waals surface area contributed by atoms with Gasteiger partial charge in [-0.2, -0.15) is 0 Å². The lowest BCUT2D eigenvalue weighted by Gasteiger charge is -2.17. The minimum Gasteiger partial charge on any atom is -0.393 e. The molecule has 1 saturated carbocycles. The normalized spacial score (nSPS) is 34.4. The van der Waals surface area contributed by atoms with E-state index < -0.39 is 0 Å². The van der Waals surface area contributed by atoms with Gasteiger partial charge in [0.15, 0.2) is 0 Å². The zero-order chi connectivity index (χ0) is 10.8. The van der Waals surface area contributed by atoms with E-state index in [2.05, 4.69) is 17.5 Å². The van der Waals surface area contributed by atoms with Crippen molar-refractivity contribution in [2.75, 3.05) is 6.54 Å². The summed E-state index contributed by atoms with van der Waals surface area (Å²) < 4.78 is 0. The van der Waals surface area contributed by atoms with Crippen LogP contribution in [0.4, 0.5) is 0 Å². The quantitative estimate of drug-likeness (QED) is 0.681. The summed E-state index contributed by atoms with van der Waals surface area (Å²) >= 11 is 0. The van der Waals surface area contributed by atoms with Gasteiger partial charge in [-0.25, -0.2) is 0 Å². The summed E-state index contributed by atoms with van der Waals surface area (Å²) in [5, 5.41) is 12.0. The van der Waals surface area contributed by atoms with Gasteiger partial charge in [0, 0.05) is 12.5 Å². The number of rotatable bonds is 4. The fourth-order valence-electron chi connectivity index (χ4n) is 2.62. The van der Waals surface area contributed by atoms with Gasteiger partial charge < -0.3 is 10.4 Å². The van der Waals surface area contributed by atoms with Crippen LogP contribution in [0.15, 0.2) is 12.2 Å². The van der Waals surface area contributed by atoms with E-state index in [0.717, 1.165) is 12.8 Å². The fraction of sp³-hybridized carbons (Fsp3) is 0.750. The molecule has 0 aromatic heterocycles. The predicted octanol–water partition coefficient (Wildman–Crippen LogP) is 1.09. The molecule has 0 radical (unpaired) electrons. The van der Waals surface area contributed by atoms with Gasteiger partial charge in [-0.1, -0.05) is 12.2 Å². The third-order valence-electron chi connectivity index (χ3n) is 3.48. The van der Waals surface area contributed by atoms with Gasteiger partial charge in [0.1, 0.15) is 0 Å². The number of nitrogens with one attached hydrogen (secondary N) is 1. The Morgan fingerprint density at radius 3 is 2.87 bits per heavy atom. The molecule has 0 aliphatic heterocycles. The first-order valence-electron chi connectivity index (χ1n) is 5.81. The molecular formula is C12H19NO2. The summed E-state index contributed by atoms with van der Waals surface area (Å²) in [5.74, 6) is 1.48. The van der Waals surface area contributed by atoms with Crippen molar-refractivity contribution in [3.05, 3.63) is 12.2 Å². The maximum absolute atomic E-state index is 11.8. The van der Waals surface area contributed by atoms with Crippen molar-refractivity contribution >= 4 is 5.91 Å². The fourth-order valence-corrected chi connectivity index (χ4v) is 2.62. The summed E-state index contributed by atoms with van der Waals surface area (Å²) in [6, 6.07) is 0. The van der Waals surface area contributed by atoms with Crippen LogP contribution in [0, 0.1) is 17.8 Å². The van der Waals surface area contributed by atoms with Gasteiger partial charge in [0.05, 0.1) is 6.10 Å². The third-order valence-corrected chi connectivity index (χ3v) is 3.48. The number of allylic oxidation sites excluding steroid dienone is 2. The molecule has 2 rings (SSSR count). The molecule has 0 aromatic carbocycles. The second-order valence-electron chi connectivity index (χ2n) is 4.82. The number of carbonyl (C=O) groups excluding carboxylic acids is 1. The minimum atomic E-state index is -0.328. The highest BCUT2D eigenvalue weighted by Gasteiger charge is 2.39.